The van der Waals surface area contributed by atoms with Gasteiger partial charge in [-0.2, -0.15) is 17.0 Å². The average Bonchev–Trinajstić information content (AvgIpc) is 3.05. The topological polar surface area (TPSA) is 66.6 Å². The highest BCUT2D eigenvalue weighted by molar-refractivity contribution is 7.86. The second kappa shape index (κ2) is 5.77. The highest BCUT2D eigenvalue weighted by atomic mass is 32.2. The molecule has 0 radical (unpaired) electrons. The van der Waals surface area contributed by atoms with Crippen LogP contribution in [0.5, 0.6) is 0 Å². The first-order valence-electron chi connectivity index (χ1n) is 5.58. The van der Waals surface area contributed by atoms with Crippen molar-refractivity contribution in [2.45, 2.75) is 25.3 Å². The van der Waals surface area contributed by atoms with Crippen molar-refractivity contribution in [1.29, 1.82) is 0 Å². The molecule has 1 aliphatic rings. The van der Waals surface area contributed by atoms with Gasteiger partial charge in [-0.05, 0) is 25.8 Å². The summed E-state index contributed by atoms with van der Waals surface area (Å²) < 4.78 is 27.2. The van der Waals surface area contributed by atoms with E-state index in [1.165, 1.54) is 8.61 Å². The summed E-state index contributed by atoms with van der Waals surface area (Å²) >= 11 is 0. The minimum absolute atomic E-state index is 0.170. The van der Waals surface area contributed by atoms with Crippen LogP contribution in [0.15, 0.2) is 12.7 Å². The first kappa shape index (κ1) is 13.6. The number of nitrogens with two attached hydrogens (primary N) is 1. The van der Waals surface area contributed by atoms with Gasteiger partial charge in [-0.25, -0.2) is 0 Å². The van der Waals surface area contributed by atoms with Crippen LogP contribution in [-0.2, 0) is 10.2 Å². The van der Waals surface area contributed by atoms with E-state index in [1.807, 2.05) is 0 Å². The predicted octanol–water partition coefficient (Wildman–Crippen LogP) is 0.162. The molecule has 94 valence electrons. The lowest BCUT2D eigenvalue weighted by Gasteiger charge is -2.26. The Balaban J connectivity index is 2.68. The van der Waals surface area contributed by atoms with Crippen LogP contribution in [0.2, 0.25) is 0 Å². The summed E-state index contributed by atoms with van der Waals surface area (Å²) in [6, 6.07) is 0.170. The van der Waals surface area contributed by atoms with Crippen LogP contribution in [-0.4, -0.2) is 49.8 Å². The largest absolute Gasteiger partial charge is 0.330 e. The quantitative estimate of drug-likeness (QED) is 0.621. The molecule has 0 heterocycles. The van der Waals surface area contributed by atoms with Gasteiger partial charge in [0.25, 0.3) is 10.2 Å². The molecule has 0 aromatic rings. The van der Waals surface area contributed by atoms with E-state index >= 15 is 0 Å². The van der Waals surface area contributed by atoms with Crippen LogP contribution in [0.3, 0.4) is 0 Å². The van der Waals surface area contributed by atoms with Crippen molar-refractivity contribution in [1.82, 2.24) is 8.61 Å². The SMILES string of the molecule is C=CCN(C1CC1)S(=O)(=O)N(C)CCCN. The minimum atomic E-state index is -3.33. The zero-order valence-electron chi connectivity index (χ0n) is 9.80. The van der Waals surface area contributed by atoms with E-state index in [9.17, 15) is 8.42 Å². The Morgan fingerprint density at radius 3 is 2.56 bits per heavy atom. The Labute approximate surface area is 98.1 Å². The summed E-state index contributed by atoms with van der Waals surface area (Å²) in [5.41, 5.74) is 5.38. The summed E-state index contributed by atoms with van der Waals surface area (Å²) in [5.74, 6) is 0. The van der Waals surface area contributed by atoms with Crippen molar-refractivity contribution in [3.05, 3.63) is 12.7 Å². The molecule has 16 heavy (non-hydrogen) atoms. The van der Waals surface area contributed by atoms with E-state index in [0.717, 1.165) is 12.8 Å². The second-order valence-electron chi connectivity index (χ2n) is 4.06. The van der Waals surface area contributed by atoms with Gasteiger partial charge in [-0.1, -0.05) is 6.08 Å². The van der Waals surface area contributed by atoms with Gasteiger partial charge in [0.15, 0.2) is 0 Å². The van der Waals surface area contributed by atoms with Crippen molar-refractivity contribution in [2.75, 3.05) is 26.7 Å². The third-order valence-corrected chi connectivity index (χ3v) is 4.64. The van der Waals surface area contributed by atoms with Gasteiger partial charge in [0.05, 0.1) is 0 Å². The van der Waals surface area contributed by atoms with Crippen molar-refractivity contribution in [3.63, 3.8) is 0 Å². The Morgan fingerprint density at radius 1 is 1.50 bits per heavy atom. The van der Waals surface area contributed by atoms with Gasteiger partial charge in [0.2, 0.25) is 0 Å². The molecule has 0 amide bonds. The molecule has 6 heteroatoms. The fourth-order valence-corrected chi connectivity index (χ4v) is 3.13. The molecule has 0 unspecified atom stereocenters. The summed E-state index contributed by atoms with van der Waals surface area (Å²) in [6.45, 7) is 4.97. The van der Waals surface area contributed by atoms with E-state index in [-0.39, 0.29) is 6.04 Å². The molecule has 0 aliphatic heterocycles. The highest BCUT2D eigenvalue weighted by Crippen LogP contribution is 2.29. The van der Waals surface area contributed by atoms with Crippen molar-refractivity contribution in [3.8, 4) is 0 Å². The van der Waals surface area contributed by atoms with Crippen LogP contribution in [0.1, 0.15) is 19.3 Å². The standard InChI is InChI=1S/C10H21N3O2S/c1-3-8-13(10-5-6-10)16(14,15)12(2)9-4-7-11/h3,10H,1,4-9,11H2,2H3. The molecule has 0 atom stereocenters. The number of hydrogen-bond acceptors (Lipinski definition) is 3. The minimum Gasteiger partial charge on any atom is -0.330 e. The molecule has 1 saturated carbocycles. The lowest BCUT2D eigenvalue weighted by molar-refractivity contribution is 0.370. The molecule has 0 saturated heterocycles. The monoisotopic (exact) mass is 247 g/mol. The zero-order chi connectivity index (χ0) is 12.2. The van der Waals surface area contributed by atoms with Crippen LogP contribution in [0.25, 0.3) is 0 Å². The molecule has 0 aromatic heterocycles. The van der Waals surface area contributed by atoms with Gasteiger partial charge in [-0.3, -0.25) is 0 Å². The molecular weight excluding hydrogens is 226 g/mol. The zero-order valence-corrected chi connectivity index (χ0v) is 10.6. The summed E-state index contributed by atoms with van der Waals surface area (Å²) in [6.07, 6.45) is 4.23. The van der Waals surface area contributed by atoms with Gasteiger partial charge < -0.3 is 5.73 Å². The molecule has 1 rings (SSSR count). The lowest BCUT2D eigenvalue weighted by Crippen LogP contribution is -2.43. The fourth-order valence-electron chi connectivity index (χ4n) is 1.53. The van der Waals surface area contributed by atoms with E-state index in [0.29, 0.717) is 26.1 Å². The molecule has 0 bridgehead atoms. The van der Waals surface area contributed by atoms with E-state index < -0.39 is 10.2 Å². The summed E-state index contributed by atoms with van der Waals surface area (Å²) in [4.78, 5) is 0. The Morgan fingerprint density at radius 2 is 2.12 bits per heavy atom. The summed E-state index contributed by atoms with van der Waals surface area (Å²) in [7, 11) is -1.73. The Hall–Kier alpha value is -0.430. The van der Waals surface area contributed by atoms with Gasteiger partial charge in [0, 0.05) is 26.2 Å². The third kappa shape index (κ3) is 3.28. The van der Waals surface area contributed by atoms with Crippen molar-refractivity contribution >= 4 is 10.2 Å². The van der Waals surface area contributed by atoms with Crippen LogP contribution in [0.4, 0.5) is 0 Å². The smallest absolute Gasteiger partial charge is 0.282 e. The highest BCUT2D eigenvalue weighted by Gasteiger charge is 2.38. The first-order chi connectivity index (χ1) is 7.54. The maximum atomic E-state index is 12.2. The average molecular weight is 247 g/mol. The molecular formula is C10H21N3O2S. The molecule has 1 fully saturated rings. The van der Waals surface area contributed by atoms with Gasteiger partial charge in [-0.15, -0.1) is 6.58 Å². The maximum Gasteiger partial charge on any atom is 0.282 e. The van der Waals surface area contributed by atoms with Gasteiger partial charge in [0.1, 0.15) is 0 Å². The van der Waals surface area contributed by atoms with Gasteiger partial charge >= 0.3 is 0 Å². The molecule has 0 aromatic carbocycles. The predicted molar refractivity (Wildman–Crippen MR) is 65.1 cm³/mol. The summed E-state index contributed by atoms with van der Waals surface area (Å²) in [5, 5.41) is 0. The van der Waals surface area contributed by atoms with E-state index in [1.54, 1.807) is 13.1 Å². The Bertz CT molecular complexity index is 325. The van der Waals surface area contributed by atoms with E-state index in [4.69, 9.17) is 5.73 Å². The first-order valence-corrected chi connectivity index (χ1v) is 6.97. The van der Waals surface area contributed by atoms with Crippen molar-refractivity contribution < 1.29 is 8.42 Å². The Kier molecular flexibility index (Phi) is 4.91. The third-order valence-electron chi connectivity index (χ3n) is 2.63. The molecule has 5 nitrogen and oxygen atoms in total. The lowest BCUT2D eigenvalue weighted by atomic mass is 10.4. The van der Waals surface area contributed by atoms with Crippen molar-refractivity contribution in [2.24, 2.45) is 5.73 Å². The molecule has 1 aliphatic carbocycles. The normalized spacial score (nSPS) is 17.0. The van der Waals surface area contributed by atoms with Crippen LogP contribution >= 0.6 is 0 Å². The number of nitrogens with zero attached hydrogens (tertiary/aromatic N) is 2. The molecule has 0 spiro atoms. The van der Waals surface area contributed by atoms with Crippen LogP contribution < -0.4 is 5.73 Å². The second-order valence-corrected chi connectivity index (χ2v) is 6.05. The molecule has 2 N–H and O–H groups in total. The number of hydrogen-bond donors (Lipinski definition) is 1. The van der Waals surface area contributed by atoms with Crippen LogP contribution in [0, 0.1) is 0 Å². The fraction of sp³-hybridized carbons (Fsp3) is 0.800. The number of rotatable bonds is 8. The van der Waals surface area contributed by atoms with E-state index in [2.05, 4.69) is 6.58 Å². The maximum absolute atomic E-state index is 12.2.